The van der Waals surface area contributed by atoms with Gasteiger partial charge in [-0.2, -0.15) is 0 Å². The molecule has 0 bridgehead atoms. The summed E-state index contributed by atoms with van der Waals surface area (Å²) in [6.45, 7) is 4.12. The second-order valence-corrected chi connectivity index (χ2v) is 4.08. The highest BCUT2D eigenvalue weighted by atomic mass is 16.5. The molecule has 0 aliphatic rings. The number of aromatic nitrogens is 1. The smallest absolute Gasteiger partial charge is 0.253 e. The van der Waals surface area contributed by atoms with Gasteiger partial charge in [-0.25, -0.2) is 0 Å². The molecule has 1 amide bonds. The van der Waals surface area contributed by atoms with Crippen LogP contribution >= 0.6 is 0 Å². The van der Waals surface area contributed by atoms with Gasteiger partial charge in [0.1, 0.15) is 5.75 Å². The van der Waals surface area contributed by atoms with E-state index in [0.29, 0.717) is 12.1 Å². The number of carbonyl (C=O) groups is 1. The van der Waals surface area contributed by atoms with Crippen molar-refractivity contribution < 1.29 is 14.6 Å². The largest absolute Gasteiger partial charge is 0.506 e. The van der Waals surface area contributed by atoms with Gasteiger partial charge >= 0.3 is 0 Å². The third-order valence-electron chi connectivity index (χ3n) is 2.21. The van der Waals surface area contributed by atoms with Crippen LogP contribution < -0.4 is 5.32 Å². The number of aromatic hydroxyl groups is 1. The highest BCUT2D eigenvalue weighted by Gasteiger charge is 2.18. The number of hydrogen-bond acceptors (Lipinski definition) is 4. The molecule has 0 fully saturated rings. The lowest BCUT2D eigenvalue weighted by molar-refractivity contribution is 0.0228. The first-order valence-electron chi connectivity index (χ1n) is 4.92. The van der Waals surface area contributed by atoms with E-state index in [4.69, 9.17) is 9.84 Å². The van der Waals surface area contributed by atoms with E-state index in [9.17, 15) is 4.79 Å². The minimum atomic E-state index is -0.417. The monoisotopic (exact) mass is 224 g/mol. The normalized spacial score (nSPS) is 11.2. The van der Waals surface area contributed by atoms with E-state index in [1.807, 2.05) is 13.8 Å². The van der Waals surface area contributed by atoms with Gasteiger partial charge in [-0.15, -0.1) is 0 Å². The van der Waals surface area contributed by atoms with Gasteiger partial charge in [-0.05, 0) is 19.9 Å². The molecule has 0 saturated heterocycles. The third-order valence-corrected chi connectivity index (χ3v) is 2.21. The van der Waals surface area contributed by atoms with Crippen molar-refractivity contribution in [3.8, 4) is 5.75 Å². The van der Waals surface area contributed by atoms with Crippen molar-refractivity contribution in [2.45, 2.75) is 19.4 Å². The fourth-order valence-corrected chi connectivity index (χ4v) is 1.02. The van der Waals surface area contributed by atoms with Crippen LogP contribution in [-0.2, 0) is 4.74 Å². The fourth-order valence-electron chi connectivity index (χ4n) is 1.02. The van der Waals surface area contributed by atoms with Gasteiger partial charge in [0.15, 0.2) is 0 Å². The van der Waals surface area contributed by atoms with E-state index in [-0.39, 0.29) is 11.7 Å². The lowest BCUT2D eigenvalue weighted by atomic mass is 10.1. The first-order chi connectivity index (χ1) is 7.44. The van der Waals surface area contributed by atoms with E-state index in [0.717, 1.165) is 0 Å². The van der Waals surface area contributed by atoms with Crippen LogP contribution in [0.5, 0.6) is 5.75 Å². The molecule has 0 spiro atoms. The average Bonchev–Trinajstić information content (AvgIpc) is 2.26. The van der Waals surface area contributed by atoms with Crippen LogP contribution in [0.2, 0.25) is 0 Å². The van der Waals surface area contributed by atoms with E-state index in [2.05, 4.69) is 10.3 Å². The van der Waals surface area contributed by atoms with Gasteiger partial charge < -0.3 is 15.2 Å². The van der Waals surface area contributed by atoms with Crippen molar-refractivity contribution in [1.29, 1.82) is 0 Å². The van der Waals surface area contributed by atoms with Crippen LogP contribution in [0.1, 0.15) is 24.2 Å². The van der Waals surface area contributed by atoms with Crippen LogP contribution in [0.15, 0.2) is 18.5 Å². The summed E-state index contributed by atoms with van der Waals surface area (Å²) in [7, 11) is 1.59. The second-order valence-electron chi connectivity index (χ2n) is 4.08. The summed E-state index contributed by atoms with van der Waals surface area (Å²) in [6.07, 6.45) is 2.67. The summed E-state index contributed by atoms with van der Waals surface area (Å²) in [6, 6.07) is 1.36. The molecular weight excluding hydrogens is 208 g/mol. The zero-order valence-electron chi connectivity index (χ0n) is 9.65. The number of nitrogens with one attached hydrogen (secondary N) is 1. The van der Waals surface area contributed by atoms with Gasteiger partial charge in [0.25, 0.3) is 5.91 Å². The number of nitrogens with zero attached hydrogens (tertiary/aromatic N) is 1. The van der Waals surface area contributed by atoms with Crippen molar-refractivity contribution in [2.75, 3.05) is 13.7 Å². The Labute approximate surface area is 94.5 Å². The standard InChI is InChI=1S/C11H16N2O3/c1-11(2,16-3)7-13-10(15)8-4-9(14)6-12-5-8/h4-6,14H,7H2,1-3H3,(H,13,15). The minimum Gasteiger partial charge on any atom is -0.506 e. The van der Waals surface area contributed by atoms with Gasteiger partial charge in [-0.3, -0.25) is 9.78 Å². The van der Waals surface area contributed by atoms with Gasteiger partial charge in [-0.1, -0.05) is 0 Å². The van der Waals surface area contributed by atoms with Crippen molar-refractivity contribution in [2.24, 2.45) is 0 Å². The zero-order valence-corrected chi connectivity index (χ0v) is 9.65. The van der Waals surface area contributed by atoms with Crippen molar-refractivity contribution >= 4 is 5.91 Å². The molecule has 0 saturated carbocycles. The summed E-state index contributed by atoms with van der Waals surface area (Å²) < 4.78 is 5.17. The van der Waals surface area contributed by atoms with Crippen molar-refractivity contribution in [1.82, 2.24) is 10.3 Å². The molecule has 0 aromatic carbocycles. The number of carbonyl (C=O) groups excluding carboxylic acids is 1. The Morgan fingerprint density at radius 2 is 2.25 bits per heavy atom. The molecule has 0 unspecified atom stereocenters. The molecule has 2 N–H and O–H groups in total. The molecule has 0 atom stereocenters. The number of pyridine rings is 1. The lowest BCUT2D eigenvalue weighted by Gasteiger charge is -2.23. The Kier molecular flexibility index (Phi) is 3.84. The van der Waals surface area contributed by atoms with E-state index >= 15 is 0 Å². The van der Waals surface area contributed by atoms with E-state index in [1.54, 1.807) is 7.11 Å². The van der Waals surface area contributed by atoms with Crippen LogP contribution in [0.3, 0.4) is 0 Å². The predicted octanol–water partition coefficient (Wildman–Crippen LogP) is 0.942. The molecule has 0 aliphatic heterocycles. The molecule has 5 heteroatoms. The fraction of sp³-hybridized carbons (Fsp3) is 0.455. The summed E-state index contributed by atoms with van der Waals surface area (Å²) >= 11 is 0. The molecule has 5 nitrogen and oxygen atoms in total. The van der Waals surface area contributed by atoms with Crippen LogP contribution in [0, 0.1) is 0 Å². The molecule has 88 valence electrons. The Morgan fingerprint density at radius 1 is 1.56 bits per heavy atom. The lowest BCUT2D eigenvalue weighted by Crippen LogP contribution is -2.39. The van der Waals surface area contributed by atoms with Crippen LogP contribution in [-0.4, -0.2) is 35.3 Å². The predicted molar refractivity (Wildman–Crippen MR) is 59.3 cm³/mol. The highest BCUT2D eigenvalue weighted by molar-refractivity contribution is 5.94. The number of hydrogen-bond donors (Lipinski definition) is 2. The maximum absolute atomic E-state index is 11.6. The molecular formula is C11H16N2O3. The Hall–Kier alpha value is -1.62. The molecule has 1 aromatic rings. The maximum Gasteiger partial charge on any atom is 0.253 e. The number of ether oxygens (including phenoxy) is 1. The Balaban J connectivity index is 2.60. The highest BCUT2D eigenvalue weighted by Crippen LogP contribution is 2.09. The SMILES string of the molecule is COC(C)(C)CNC(=O)c1cncc(O)c1. The van der Waals surface area contributed by atoms with Gasteiger partial charge in [0.05, 0.1) is 17.4 Å². The zero-order chi connectivity index (χ0) is 12.2. The summed E-state index contributed by atoms with van der Waals surface area (Å²) in [5.74, 6) is -0.313. The molecule has 1 rings (SSSR count). The maximum atomic E-state index is 11.6. The van der Waals surface area contributed by atoms with Crippen LogP contribution in [0.25, 0.3) is 0 Å². The van der Waals surface area contributed by atoms with Gasteiger partial charge in [0.2, 0.25) is 0 Å². The first-order valence-corrected chi connectivity index (χ1v) is 4.92. The van der Waals surface area contributed by atoms with Crippen molar-refractivity contribution in [3.63, 3.8) is 0 Å². The average molecular weight is 224 g/mol. The summed E-state index contributed by atoms with van der Waals surface area (Å²) in [5, 5.41) is 11.9. The molecule has 0 radical (unpaired) electrons. The second kappa shape index (κ2) is 4.94. The Morgan fingerprint density at radius 3 is 2.81 bits per heavy atom. The quantitative estimate of drug-likeness (QED) is 0.798. The Bertz CT molecular complexity index is 377. The van der Waals surface area contributed by atoms with Crippen molar-refractivity contribution in [3.05, 3.63) is 24.0 Å². The van der Waals surface area contributed by atoms with Crippen LogP contribution in [0.4, 0.5) is 0 Å². The molecule has 1 aromatic heterocycles. The van der Waals surface area contributed by atoms with E-state index < -0.39 is 5.60 Å². The molecule has 16 heavy (non-hydrogen) atoms. The minimum absolute atomic E-state index is 0.0290. The summed E-state index contributed by atoms with van der Waals surface area (Å²) in [5.41, 5.74) is -0.0909. The molecule has 1 heterocycles. The number of rotatable bonds is 4. The first kappa shape index (κ1) is 12.4. The summed E-state index contributed by atoms with van der Waals surface area (Å²) in [4.78, 5) is 15.4. The van der Waals surface area contributed by atoms with E-state index in [1.165, 1.54) is 18.5 Å². The topological polar surface area (TPSA) is 71.5 Å². The number of amides is 1. The number of methoxy groups -OCH3 is 1. The third kappa shape index (κ3) is 3.51. The molecule has 0 aliphatic carbocycles. The van der Waals surface area contributed by atoms with Gasteiger partial charge in [0, 0.05) is 19.9 Å².